The third-order valence-corrected chi connectivity index (χ3v) is 16.3. The van der Waals surface area contributed by atoms with Crippen LogP contribution < -0.4 is 37.9 Å². The first-order valence-electron chi connectivity index (χ1n) is 31.7. The van der Waals surface area contributed by atoms with Gasteiger partial charge in [0.1, 0.15) is 115 Å². The first kappa shape index (κ1) is 63.3. The van der Waals surface area contributed by atoms with Gasteiger partial charge in [-0.05, 0) is 146 Å². The topological polar surface area (TPSA) is 183 Å². The van der Waals surface area contributed by atoms with E-state index in [1.165, 1.54) is 194 Å². The highest BCUT2D eigenvalue weighted by molar-refractivity contribution is 6.08. The lowest BCUT2D eigenvalue weighted by atomic mass is 10.1. The highest BCUT2D eigenvalue weighted by Crippen LogP contribution is 2.50. The van der Waals surface area contributed by atoms with E-state index in [0.717, 1.165) is 48.5 Å². The number of halogens is 8. The third kappa shape index (κ3) is 13.0. The summed E-state index contributed by atoms with van der Waals surface area (Å²) in [5, 5.41) is 1.02. The van der Waals surface area contributed by atoms with Gasteiger partial charge in [-0.1, -0.05) is 48.5 Å². The van der Waals surface area contributed by atoms with Crippen molar-refractivity contribution in [1.82, 2.24) is 39.9 Å². The minimum Gasteiger partial charge on any atom is -0.453 e. The monoisotopic (exact) mass is 1390 g/mol. The largest absolute Gasteiger partial charge is 0.453 e. The van der Waals surface area contributed by atoms with Crippen molar-refractivity contribution in [3.63, 3.8) is 0 Å². The van der Waals surface area contributed by atoms with E-state index in [0.29, 0.717) is 0 Å². The van der Waals surface area contributed by atoms with Crippen LogP contribution in [0.5, 0.6) is 92.0 Å². The second-order valence-electron chi connectivity index (χ2n) is 23.5. The van der Waals surface area contributed by atoms with E-state index < -0.39 is 46.5 Å². The Balaban J connectivity index is 0.995. The van der Waals surface area contributed by atoms with Gasteiger partial charge in [0.25, 0.3) is 0 Å². The Morgan fingerprint density at radius 1 is 0.192 bits per heavy atom. The number of benzene rings is 12. The predicted molar refractivity (Wildman–Crippen MR) is 368 cm³/mol. The summed E-state index contributed by atoms with van der Waals surface area (Å²) >= 11 is 0. The maximum Gasteiger partial charge on any atom is 0.170 e. The Morgan fingerprint density at radius 3 is 0.519 bits per heavy atom. The zero-order valence-corrected chi connectivity index (χ0v) is 53.1. The average molecular weight is 1400 g/mol. The molecule has 0 radical (unpaired) electrons. The van der Waals surface area contributed by atoms with Crippen molar-refractivity contribution >= 4 is 44.1 Å². The summed E-state index contributed by atoms with van der Waals surface area (Å²) in [7, 11) is 0. The molecule has 0 unspecified atom stereocenters. The lowest BCUT2D eigenvalue weighted by Crippen LogP contribution is -1.94. The fourth-order valence-corrected chi connectivity index (χ4v) is 11.7. The third-order valence-electron chi connectivity index (χ3n) is 16.3. The van der Waals surface area contributed by atoms with Gasteiger partial charge in [0.05, 0.1) is 0 Å². The van der Waals surface area contributed by atoms with Gasteiger partial charge in [0, 0.05) is 92.3 Å². The van der Waals surface area contributed by atoms with Crippen molar-refractivity contribution in [3.05, 3.63) is 289 Å². The number of nitrogens with one attached hydrogen (secondary N) is 2. The minimum atomic E-state index is -0.628. The van der Waals surface area contributed by atoms with Crippen molar-refractivity contribution < 1.29 is 73.0 Å². The van der Waals surface area contributed by atoms with E-state index in [1.807, 2.05) is 0 Å². The fraction of sp³-hybridized carbons (Fsp3) is 0. The van der Waals surface area contributed by atoms with Crippen molar-refractivity contribution in [2.45, 2.75) is 0 Å². The molecule has 17 rings (SSSR count). The van der Waals surface area contributed by atoms with Gasteiger partial charge in [-0.3, -0.25) is 0 Å². The molecule has 2 aliphatic heterocycles. The van der Waals surface area contributed by atoms with Crippen LogP contribution in [0.25, 0.3) is 89.7 Å². The zero-order chi connectivity index (χ0) is 70.7. The molecule has 5 heterocycles. The number of rotatable bonds is 16. The Labute approximate surface area is 581 Å². The molecule has 0 spiro atoms. The molecule has 16 nitrogen and oxygen atoms in total. The van der Waals surface area contributed by atoms with E-state index >= 15 is 35.1 Å². The summed E-state index contributed by atoms with van der Waals surface area (Å²) in [6.45, 7) is 0. The number of aromatic amines is 2. The van der Waals surface area contributed by atoms with Gasteiger partial charge in [0.2, 0.25) is 0 Å². The molecule has 2 N–H and O–H groups in total. The van der Waals surface area contributed by atoms with E-state index in [2.05, 4.69) is 9.97 Å². The second kappa shape index (κ2) is 26.2. The van der Waals surface area contributed by atoms with Crippen LogP contribution in [-0.2, 0) is 0 Å². The first-order chi connectivity index (χ1) is 50.6. The van der Waals surface area contributed by atoms with E-state index in [-0.39, 0.29) is 182 Å². The standard InChI is InChI=1S/C80H42F8N8O8/c81-41-9-1-17-49(25-41)97-65-33-57-58(34-66(65)98-50-18-2-10-42(82)26-50)74-89-73(57)93-75-59-35-67(99-51-19-3-11-43(83)27-51)68(100-52-20-4-12-44(84)28-52)36-60(59)77(90-75)95-79-63-39-71(103-55-23-7-15-47(87)31-55)72(104-56-24-8-16-48(88)32-56)40-64(63)80(92-79)96-78-62-38-70(102-54-22-6-14-46(86)30-54)69(37-61(62)76(91-78)94-74)101-53-21-5-13-45(85)29-53/h1-40H,(H2,89,90,91,92,93,94,95,96). The van der Waals surface area contributed by atoms with Gasteiger partial charge in [0.15, 0.2) is 69.3 Å². The molecule has 0 amide bonds. The molecule has 104 heavy (non-hydrogen) atoms. The van der Waals surface area contributed by atoms with Gasteiger partial charge in [-0.2, -0.15) is 0 Å². The maximum absolute atomic E-state index is 15.1. The molecule has 2 aliphatic rings. The molecule has 506 valence electrons. The molecular formula is C80H42F8N8O8. The van der Waals surface area contributed by atoms with Gasteiger partial charge >= 0.3 is 0 Å². The van der Waals surface area contributed by atoms with Crippen LogP contribution >= 0.6 is 0 Å². The summed E-state index contributed by atoms with van der Waals surface area (Å²) in [6, 6.07) is 54.9. The normalized spacial score (nSPS) is 11.5. The highest BCUT2D eigenvalue weighted by Gasteiger charge is 2.29. The van der Waals surface area contributed by atoms with Crippen LogP contribution in [0, 0.1) is 46.5 Å². The molecule has 0 aliphatic carbocycles. The summed E-state index contributed by atoms with van der Waals surface area (Å²) < 4.78 is 172. The molecule has 15 aromatic rings. The molecule has 0 saturated carbocycles. The summed E-state index contributed by atoms with van der Waals surface area (Å²) in [5.41, 5.74) is 1.04. The smallest absolute Gasteiger partial charge is 0.170 e. The minimum absolute atomic E-state index is 0.0245. The molecular weight excluding hydrogens is 1350 g/mol. The Bertz CT molecular complexity index is 5470. The van der Waals surface area contributed by atoms with Crippen LogP contribution in [0.1, 0.15) is 0 Å². The van der Waals surface area contributed by atoms with Crippen LogP contribution in [0.3, 0.4) is 0 Å². The van der Waals surface area contributed by atoms with Crippen LogP contribution in [0.4, 0.5) is 35.1 Å². The Hall–Kier alpha value is -14.2. The van der Waals surface area contributed by atoms with Crippen LogP contribution in [-0.4, -0.2) is 39.9 Å². The molecule has 3 aromatic heterocycles. The number of ether oxygens (including phenoxy) is 8. The highest BCUT2D eigenvalue weighted by atomic mass is 19.2. The lowest BCUT2D eigenvalue weighted by Gasteiger charge is -2.14. The molecule has 12 aromatic carbocycles. The van der Waals surface area contributed by atoms with Crippen molar-refractivity contribution in [3.8, 4) is 138 Å². The quantitative estimate of drug-likeness (QED) is 0.0871. The predicted octanol–water partition coefficient (Wildman–Crippen LogP) is 22.3. The van der Waals surface area contributed by atoms with Crippen molar-refractivity contribution in [2.24, 2.45) is 0 Å². The number of H-pyrrole nitrogens is 2. The van der Waals surface area contributed by atoms with Crippen molar-refractivity contribution in [2.75, 3.05) is 0 Å². The van der Waals surface area contributed by atoms with E-state index in [9.17, 15) is 0 Å². The van der Waals surface area contributed by atoms with Gasteiger partial charge < -0.3 is 47.9 Å². The SMILES string of the molecule is Fc1cccc(Oc2cc3c(cc2Oc2cccc(F)c2)-c2nc-3nc3[nH]c(nc4nc(nc5[nH]c(n2)c2cc(Oc6cccc(F)c6)c(Oc6cccc(F)c6)cc52)-c2cc(Oc5cccc(F)c5)c(Oc5cccc(F)c5)cc2-4)c2cc(Oc4cccc(F)c4)c(Oc4cccc(F)c4)cc32)c1. The zero-order valence-electron chi connectivity index (χ0n) is 53.1. The fourth-order valence-electron chi connectivity index (χ4n) is 11.7. The summed E-state index contributed by atoms with van der Waals surface area (Å²) in [4.78, 5) is 37.9. The van der Waals surface area contributed by atoms with Gasteiger partial charge in [-0.15, -0.1) is 0 Å². The van der Waals surface area contributed by atoms with Gasteiger partial charge in [-0.25, -0.2) is 65.0 Å². The average Bonchev–Trinajstić information content (AvgIpc) is 1.59. The Morgan fingerprint density at radius 2 is 0.356 bits per heavy atom. The lowest BCUT2D eigenvalue weighted by molar-refractivity contribution is 0.415. The van der Waals surface area contributed by atoms with Crippen LogP contribution in [0.2, 0.25) is 0 Å². The molecule has 8 bridgehead atoms. The molecule has 24 heteroatoms. The number of aromatic nitrogens is 8. The summed E-state index contributed by atoms with van der Waals surface area (Å²) in [5.74, 6) is -5.15. The summed E-state index contributed by atoms with van der Waals surface area (Å²) in [6.07, 6.45) is 0. The first-order valence-corrected chi connectivity index (χ1v) is 31.7. The molecule has 0 fully saturated rings. The Kier molecular flexibility index (Phi) is 15.9. The number of nitrogens with zero attached hydrogens (tertiary/aromatic N) is 6. The number of fused-ring (bicyclic) bond motifs is 20. The van der Waals surface area contributed by atoms with E-state index in [4.69, 9.17) is 67.8 Å². The number of hydrogen-bond donors (Lipinski definition) is 2. The van der Waals surface area contributed by atoms with E-state index in [1.54, 1.807) is 0 Å². The second-order valence-corrected chi connectivity index (χ2v) is 23.5. The van der Waals surface area contributed by atoms with Crippen molar-refractivity contribution in [1.29, 1.82) is 0 Å². The molecule has 0 atom stereocenters. The number of hydrogen-bond acceptors (Lipinski definition) is 14. The van der Waals surface area contributed by atoms with Crippen LogP contribution in [0.15, 0.2) is 243 Å². The maximum atomic E-state index is 15.1. The molecule has 0 saturated heterocycles.